The van der Waals surface area contributed by atoms with E-state index in [0.29, 0.717) is 15.9 Å². The Labute approximate surface area is 150 Å². The number of nitrogens with zero attached hydrogens (tertiary/aromatic N) is 1. The number of pyridine rings is 1. The minimum Gasteiger partial charge on any atom is -0.397 e. The van der Waals surface area contributed by atoms with E-state index in [0.717, 1.165) is 21.7 Å². The van der Waals surface area contributed by atoms with Crippen LogP contribution in [0.3, 0.4) is 0 Å². The molecule has 0 aliphatic carbocycles. The lowest BCUT2D eigenvalue weighted by Gasteiger charge is -2.08. The Balaban J connectivity index is 2.06. The van der Waals surface area contributed by atoms with Crippen molar-refractivity contribution < 1.29 is 9.18 Å². The molecule has 4 rings (SSSR count). The van der Waals surface area contributed by atoms with Gasteiger partial charge in [-0.05, 0) is 40.8 Å². The SMILES string of the molecule is NC(=O)c1sc2nc(-c3cccs3)cc(-c3ccc(F)cc3)c2c1N. The summed E-state index contributed by atoms with van der Waals surface area (Å²) in [4.78, 5) is 18.2. The lowest BCUT2D eigenvalue weighted by Crippen LogP contribution is -2.10. The zero-order valence-corrected chi connectivity index (χ0v) is 14.5. The Morgan fingerprint density at radius 1 is 1.16 bits per heavy atom. The first-order chi connectivity index (χ1) is 12.0. The van der Waals surface area contributed by atoms with Gasteiger partial charge in [0.15, 0.2) is 0 Å². The van der Waals surface area contributed by atoms with Crippen molar-refractivity contribution in [3.8, 4) is 21.7 Å². The summed E-state index contributed by atoms with van der Waals surface area (Å²) in [6.45, 7) is 0. The van der Waals surface area contributed by atoms with E-state index in [1.54, 1.807) is 23.5 Å². The van der Waals surface area contributed by atoms with Crippen molar-refractivity contribution in [3.05, 3.63) is 58.5 Å². The molecule has 7 heteroatoms. The van der Waals surface area contributed by atoms with Crippen molar-refractivity contribution in [3.63, 3.8) is 0 Å². The van der Waals surface area contributed by atoms with Crippen molar-refractivity contribution in [2.24, 2.45) is 5.73 Å². The number of amides is 1. The third-order valence-electron chi connectivity index (χ3n) is 3.85. The zero-order chi connectivity index (χ0) is 17.6. The quantitative estimate of drug-likeness (QED) is 0.557. The standard InChI is InChI=1S/C18H12FN3OS2/c19-10-5-3-9(4-6-10)11-8-12(13-2-1-7-24-13)22-18-14(11)15(20)16(25-18)17(21)23/h1-8H,20H2,(H2,21,23). The molecule has 4 aromatic rings. The van der Waals surface area contributed by atoms with Crippen LogP contribution in [0, 0.1) is 5.82 Å². The minimum atomic E-state index is -0.580. The molecule has 0 saturated carbocycles. The third-order valence-corrected chi connectivity index (χ3v) is 5.86. The predicted molar refractivity (Wildman–Crippen MR) is 101 cm³/mol. The molecule has 0 saturated heterocycles. The van der Waals surface area contributed by atoms with Crippen LogP contribution in [0.5, 0.6) is 0 Å². The van der Waals surface area contributed by atoms with Crippen LogP contribution in [-0.4, -0.2) is 10.9 Å². The molecule has 0 radical (unpaired) electrons. The molecular formula is C18H12FN3OS2. The number of carbonyl (C=O) groups is 1. The number of nitrogen functional groups attached to an aromatic ring is 1. The second-order valence-corrected chi connectivity index (χ2v) is 7.38. The van der Waals surface area contributed by atoms with Crippen LogP contribution in [0.2, 0.25) is 0 Å². The van der Waals surface area contributed by atoms with Gasteiger partial charge < -0.3 is 11.5 Å². The molecule has 1 aromatic carbocycles. The first-order valence-electron chi connectivity index (χ1n) is 7.37. The highest BCUT2D eigenvalue weighted by molar-refractivity contribution is 7.21. The number of anilines is 1. The Morgan fingerprint density at radius 3 is 2.56 bits per heavy atom. The normalized spacial score (nSPS) is 11.1. The second kappa shape index (κ2) is 5.94. The number of nitrogens with two attached hydrogens (primary N) is 2. The summed E-state index contributed by atoms with van der Waals surface area (Å²) >= 11 is 2.74. The summed E-state index contributed by atoms with van der Waals surface area (Å²) in [5, 5.41) is 2.64. The van der Waals surface area contributed by atoms with E-state index < -0.39 is 5.91 Å². The smallest absolute Gasteiger partial charge is 0.260 e. The largest absolute Gasteiger partial charge is 0.397 e. The van der Waals surface area contributed by atoms with Gasteiger partial charge in [0, 0.05) is 5.39 Å². The Bertz CT molecular complexity index is 1090. The number of aromatic nitrogens is 1. The molecule has 0 unspecified atom stereocenters. The lowest BCUT2D eigenvalue weighted by molar-refractivity contribution is 0.100. The van der Waals surface area contributed by atoms with Crippen LogP contribution in [0.15, 0.2) is 47.8 Å². The highest BCUT2D eigenvalue weighted by Crippen LogP contribution is 2.41. The van der Waals surface area contributed by atoms with E-state index in [9.17, 15) is 9.18 Å². The minimum absolute atomic E-state index is 0.286. The molecule has 0 spiro atoms. The van der Waals surface area contributed by atoms with Crippen molar-refractivity contribution in [2.75, 3.05) is 5.73 Å². The van der Waals surface area contributed by atoms with Gasteiger partial charge in [0.25, 0.3) is 5.91 Å². The van der Waals surface area contributed by atoms with Gasteiger partial charge >= 0.3 is 0 Å². The maximum Gasteiger partial charge on any atom is 0.260 e. The molecule has 3 aromatic heterocycles. The zero-order valence-electron chi connectivity index (χ0n) is 12.8. The monoisotopic (exact) mass is 369 g/mol. The number of benzene rings is 1. The number of rotatable bonds is 3. The van der Waals surface area contributed by atoms with E-state index in [-0.39, 0.29) is 10.7 Å². The number of thiophene rings is 2. The summed E-state index contributed by atoms with van der Waals surface area (Å²) in [6.07, 6.45) is 0. The number of carbonyl (C=O) groups excluding carboxylic acids is 1. The Morgan fingerprint density at radius 2 is 1.92 bits per heavy atom. The van der Waals surface area contributed by atoms with Crippen LogP contribution in [-0.2, 0) is 0 Å². The average Bonchev–Trinajstić information content (AvgIpc) is 3.23. The number of primary amides is 1. The van der Waals surface area contributed by atoms with E-state index in [4.69, 9.17) is 11.5 Å². The highest BCUT2D eigenvalue weighted by Gasteiger charge is 2.20. The molecule has 3 heterocycles. The first kappa shape index (κ1) is 15.7. The number of hydrogen-bond donors (Lipinski definition) is 2. The van der Waals surface area contributed by atoms with Crippen LogP contribution < -0.4 is 11.5 Å². The van der Waals surface area contributed by atoms with Gasteiger partial charge in [-0.3, -0.25) is 4.79 Å². The molecule has 0 atom stereocenters. The van der Waals surface area contributed by atoms with E-state index in [1.165, 1.54) is 23.5 Å². The van der Waals surface area contributed by atoms with Crippen molar-refractivity contribution >= 4 is 44.5 Å². The van der Waals surface area contributed by atoms with Gasteiger partial charge in [0.05, 0.1) is 16.3 Å². The van der Waals surface area contributed by atoms with Crippen molar-refractivity contribution in [1.82, 2.24) is 4.98 Å². The van der Waals surface area contributed by atoms with Gasteiger partial charge in [0.2, 0.25) is 0 Å². The number of fused-ring (bicyclic) bond motifs is 1. The molecule has 0 aliphatic rings. The van der Waals surface area contributed by atoms with Gasteiger partial charge in [-0.1, -0.05) is 18.2 Å². The molecular weight excluding hydrogens is 357 g/mol. The van der Waals surface area contributed by atoms with Crippen molar-refractivity contribution in [1.29, 1.82) is 0 Å². The summed E-state index contributed by atoms with van der Waals surface area (Å²) in [5.41, 5.74) is 14.3. The third kappa shape index (κ3) is 2.67. The second-order valence-electron chi connectivity index (χ2n) is 5.43. The topological polar surface area (TPSA) is 82.0 Å². The molecule has 0 aliphatic heterocycles. The van der Waals surface area contributed by atoms with Gasteiger partial charge in [-0.15, -0.1) is 22.7 Å². The maximum atomic E-state index is 13.3. The molecule has 124 valence electrons. The maximum absolute atomic E-state index is 13.3. The predicted octanol–water partition coefficient (Wildman–Crippen LogP) is 4.51. The fourth-order valence-electron chi connectivity index (χ4n) is 2.71. The lowest BCUT2D eigenvalue weighted by atomic mass is 10.0. The van der Waals surface area contributed by atoms with Crippen LogP contribution >= 0.6 is 22.7 Å². The molecule has 0 bridgehead atoms. The Kier molecular flexibility index (Phi) is 3.74. The van der Waals surface area contributed by atoms with E-state index in [1.807, 2.05) is 23.6 Å². The fraction of sp³-hybridized carbons (Fsp3) is 0. The summed E-state index contributed by atoms with van der Waals surface area (Å²) in [6, 6.07) is 12.0. The summed E-state index contributed by atoms with van der Waals surface area (Å²) in [5.74, 6) is -0.896. The van der Waals surface area contributed by atoms with Gasteiger partial charge in [0.1, 0.15) is 15.5 Å². The molecule has 25 heavy (non-hydrogen) atoms. The fourth-order valence-corrected chi connectivity index (χ4v) is 4.37. The van der Waals surface area contributed by atoms with Crippen LogP contribution in [0.25, 0.3) is 31.9 Å². The Hall–Kier alpha value is -2.77. The van der Waals surface area contributed by atoms with Gasteiger partial charge in [-0.2, -0.15) is 0 Å². The molecule has 4 N–H and O–H groups in total. The number of halogens is 1. The highest BCUT2D eigenvalue weighted by atomic mass is 32.1. The van der Waals surface area contributed by atoms with Crippen LogP contribution in [0.1, 0.15) is 9.67 Å². The van der Waals surface area contributed by atoms with Crippen molar-refractivity contribution in [2.45, 2.75) is 0 Å². The van der Waals surface area contributed by atoms with E-state index in [2.05, 4.69) is 4.98 Å². The van der Waals surface area contributed by atoms with Gasteiger partial charge in [-0.25, -0.2) is 9.37 Å². The molecule has 4 nitrogen and oxygen atoms in total. The summed E-state index contributed by atoms with van der Waals surface area (Å²) in [7, 11) is 0. The first-order valence-corrected chi connectivity index (χ1v) is 9.07. The average molecular weight is 369 g/mol. The summed E-state index contributed by atoms with van der Waals surface area (Å²) < 4.78 is 13.3. The van der Waals surface area contributed by atoms with E-state index >= 15 is 0 Å². The molecule has 1 amide bonds. The van der Waals surface area contributed by atoms with Crippen LogP contribution in [0.4, 0.5) is 10.1 Å². The number of hydrogen-bond acceptors (Lipinski definition) is 5. The molecule has 0 fully saturated rings.